The van der Waals surface area contributed by atoms with Gasteiger partial charge < -0.3 is 40.9 Å². The van der Waals surface area contributed by atoms with Gasteiger partial charge in [-0.15, -0.1) is 0 Å². The largest absolute Gasteiger partial charge is 0.870 e. The second kappa shape index (κ2) is 137. The van der Waals surface area contributed by atoms with Crippen LogP contribution in [0.5, 0.6) is 0 Å². The lowest BCUT2D eigenvalue weighted by Crippen LogP contribution is -2.01. The highest BCUT2D eigenvalue weighted by Gasteiger charge is 1.42. The van der Waals surface area contributed by atoms with Crippen molar-refractivity contribution in [3.63, 3.8) is 0 Å². The van der Waals surface area contributed by atoms with Crippen LogP contribution in [0.2, 0.25) is 0 Å². The predicted molar refractivity (Wildman–Crippen MR) is 34.0 cm³/mol. The van der Waals surface area contributed by atoms with Crippen molar-refractivity contribution in [3.8, 4) is 0 Å². The van der Waals surface area contributed by atoms with Gasteiger partial charge in [0, 0.05) is 0 Å². The third kappa shape index (κ3) is 26800. The average molecular weight is 293 g/mol. The summed E-state index contributed by atoms with van der Waals surface area (Å²) in [5, 5.41) is 17.0. The fraction of sp³-hybridized carbons (Fsp3) is 0. The van der Waals surface area contributed by atoms with Crippen molar-refractivity contribution in [3.05, 3.63) is 0 Å². The van der Waals surface area contributed by atoms with E-state index in [4.69, 9.17) is 38.3 Å². The van der Waals surface area contributed by atoms with Crippen molar-refractivity contribution >= 4 is 31.6 Å². The van der Waals surface area contributed by atoms with Crippen LogP contribution in [0.4, 0.5) is 0 Å². The Bertz CT molecular complexity index is 146. The number of hydrogen-bond acceptors (Lipinski definition) is 13. The molecule has 0 aliphatic heterocycles. The van der Waals surface area contributed by atoms with E-state index in [1.807, 2.05) is 0 Å². The molecule has 0 bridgehead atoms. The Morgan fingerprint density at radius 1 is 1.12 bits per heavy atom. The molecular formula is C2H5O13Si2-5. The molecule has 0 aliphatic rings. The molecule has 0 aromatic rings. The van der Waals surface area contributed by atoms with Gasteiger partial charge in [0.05, 0.1) is 0 Å². The van der Waals surface area contributed by atoms with Gasteiger partial charge in [-0.3, -0.25) is 13.7 Å². The Hall–Kier alpha value is -1.72. The highest BCUT2D eigenvalue weighted by atomic mass is 28.2. The number of hydrogen-bond donors (Lipinski definition) is 0. The van der Waals surface area contributed by atoms with E-state index >= 15 is 0 Å². The van der Waals surface area contributed by atoms with Gasteiger partial charge in [0.2, 0.25) is 0 Å². The summed E-state index contributed by atoms with van der Waals surface area (Å²) in [6.07, 6.45) is 0.250. The number of carbonyl (C=O) groups is 1. The third-order valence-electron chi connectivity index (χ3n) is 0.0786. The molecule has 0 aromatic carbocycles. The first kappa shape index (κ1) is 45.4. The Kier molecular flexibility index (Phi) is 367. The molecule has 0 rings (SSSR count). The zero-order valence-corrected chi connectivity index (χ0v) is 9.73. The fourth-order valence-corrected chi connectivity index (χ4v) is 0. The van der Waals surface area contributed by atoms with Gasteiger partial charge in [0.1, 0.15) is 0 Å². The van der Waals surface area contributed by atoms with Gasteiger partial charge in [0.25, 0.3) is 6.47 Å². The first-order chi connectivity index (χ1) is 6.66. The van der Waals surface area contributed by atoms with E-state index in [2.05, 4.69) is 9.46 Å². The van der Waals surface area contributed by atoms with Gasteiger partial charge in [0.15, 0.2) is 0 Å². The van der Waals surface area contributed by atoms with Crippen LogP contribution in [0, 0.1) is 0 Å². The molecule has 0 saturated carbocycles. The van der Waals surface area contributed by atoms with Crippen LogP contribution >= 0.6 is 0 Å². The standard InChI is InChI=1S/CH2O3.CO2.H2O3Si.O2Si.3H2O/c2-1-4-3;2-1-3;1-3-4-2;1-3-2;;;/h1,3H;;1,4H;;3*1H2/p-5. The molecule has 15 heteroatoms. The molecule has 0 spiro atoms. The van der Waals surface area contributed by atoms with Gasteiger partial charge in [-0.2, -0.15) is 9.59 Å². The fourth-order valence-electron chi connectivity index (χ4n) is 0. The minimum atomic E-state index is -1.52. The highest BCUT2D eigenvalue weighted by Crippen LogP contribution is 1.23. The van der Waals surface area contributed by atoms with Gasteiger partial charge in [-0.1, -0.05) is 0 Å². The summed E-state index contributed by atoms with van der Waals surface area (Å²) < 4.78 is 28.5. The molecule has 0 fully saturated rings. The number of rotatable bonds is 2. The van der Waals surface area contributed by atoms with Crippen molar-refractivity contribution in [1.82, 2.24) is 0 Å². The Labute approximate surface area is 96.7 Å². The normalized spacial score (nSPS) is 3.41. The smallest absolute Gasteiger partial charge is 0.549 e. The summed E-state index contributed by atoms with van der Waals surface area (Å²) >= 11 is 0. The van der Waals surface area contributed by atoms with E-state index in [1.54, 1.807) is 0 Å². The summed E-state index contributed by atoms with van der Waals surface area (Å²) in [5.74, 6) is 0. The van der Waals surface area contributed by atoms with E-state index in [-0.39, 0.29) is 29.1 Å². The molecule has 3 N–H and O–H groups in total. The second-order valence-electron chi connectivity index (χ2n) is 0.552. The molecule has 0 saturated heterocycles. The summed E-state index contributed by atoms with van der Waals surface area (Å²) in [4.78, 5) is 27.5. The number of carbonyl (C=O) groups excluding carboxylic acids is 3. The van der Waals surface area contributed by atoms with E-state index in [0.29, 0.717) is 0 Å². The van der Waals surface area contributed by atoms with Crippen molar-refractivity contribution < 1.29 is 64.2 Å². The maximum atomic E-state index is 8.85. The lowest BCUT2D eigenvalue weighted by atomic mass is 11.7. The molecule has 0 amide bonds. The zero-order chi connectivity index (χ0) is 12.2. The Morgan fingerprint density at radius 3 is 1.24 bits per heavy atom. The van der Waals surface area contributed by atoms with E-state index in [0.717, 1.165) is 0 Å². The van der Waals surface area contributed by atoms with Crippen LogP contribution in [0.3, 0.4) is 0 Å². The van der Waals surface area contributed by atoms with Crippen molar-refractivity contribution in [2.75, 3.05) is 0 Å². The van der Waals surface area contributed by atoms with Crippen molar-refractivity contribution in [1.29, 1.82) is 0 Å². The molecule has 104 valence electrons. The lowest BCUT2D eigenvalue weighted by molar-refractivity contribution is -0.652. The van der Waals surface area contributed by atoms with Crippen LogP contribution in [-0.4, -0.2) is 48.0 Å². The zero-order valence-electron chi connectivity index (χ0n) is 7.58. The van der Waals surface area contributed by atoms with Crippen LogP contribution < -0.4 is 10.5 Å². The topological polar surface area (TPSA) is 257 Å². The second-order valence-corrected chi connectivity index (χ2v) is 1.10. The van der Waals surface area contributed by atoms with Crippen LogP contribution in [0.25, 0.3) is 0 Å². The third-order valence-corrected chi connectivity index (χ3v) is 0.157. The minimum Gasteiger partial charge on any atom is -0.870 e. The predicted octanol–water partition coefficient (Wildman–Crippen LogP) is -5.32. The summed E-state index contributed by atoms with van der Waals surface area (Å²) in [5.41, 5.74) is 0. The van der Waals surface area contributed by atoms with Gasteiger partial charge >= 0.3 is 25.1 Å². The molecule has 0 radical (unpaired) electrons. The van der Waals surface area contributed by atoms with Gasteiger partial charge in [-0.25, -0.2) is 0 Å². The lowest BCUT2D eigenvalue weighted by Gasteiger charge is -1.90. The van der Waals surface area contributed by atoms with Crippen LogP contribution in [0.15, 0.2) is 0 Å². The van der Waals surface area contributed by atoms with E-state index in [1.165, 1.54) is 0 Å². The molecule has 0 unspecified atom stereocenters. The molecular weight excluding hydrogens is 288 g/mol. The van der Waals surface area contributed by atoms with E-state index in [9.17, 15) is 0 Å². The van der Waals surface area contributed by atoms with Crippen molar-refractivity contribution in [2.24, 2.45) is 0 Å². The summed E-state index contributed by atoms with van der Waals surface area (Å²) in [6.45, 7) is -0.181. The molecule has 0 atom stereocenters. The maximum absolute atomic E-state index is 8.85. The SMILES string of the molecule is O=C=O.O=CO[O-].O=[SiH]O[O-].O=[Si]=O.[OH-].[OH-].[OH-]. The molecule has 0 heterocycles. The maximum Gasteiger partial charge on any atom is 0.549 e. The molecule has 0 aromatic heterocycles. The Balaban J connectivity index is -0.0000000149. The van der Waals surface area contributed by atoms with Gasteiger partial charge in [-0.05, 0) is 0 Å². The van der Waals surface area contributed by atoms with Crippen LogP contribution in [-0.2, 0) is 37.2 Å². The minimum absolute atomic E-state index is 0. The first-order valence-corrected chi connectivity index (χ1v) is 3.85. The van der Waals surface area contributed by atoms with Crippen LogP contribution in [0.1, 0.15) is 0 Å². The summed E-state index contributed by atoms with van der Waals surface area (Å²) in [7, 11) is -2.94. The Morgan fingerprint density at radius 2 is 1.24 bits per heavy atom. The molecule has 0 aliphatic carbocycles. The van der Waals surface area contributed by atoms with Crippen molar-refractivity contribution in [2.45, 2.75) is 0 Å². The summed E-state index contributed by atoms with van der Waals surface area (Å²) in [6, 6.07) is 0. The molecule has 13 nitrogen and oxygen atoms in total. The highest BCUT2D eigenvalue weighted by molar-refractivity contribution is 6.06. The average Bonchev–Trinajstić information content (AvgIpc) is 2.20. The quantitative estimate of drug-likeness (QED) is 0.199. The monoisotopic (exact) mass is 293 g/mol. The molecule has 17 heavy (non-hydrogen) atoms. The first-order valence-electron chi connectivity index (χ1n) is 2.09. The van der Waals surface area contributed by atoms with E-state index < -0.39 is 18.9 Å².